The summed E-state index contributed by atoms with van der Waals surface area (Å²) in [4.78, 5) is 26.7. The molecule has 0 bridgehead atoms. The maximum atomic E-state index is 13.2. The SMILES string of the molecule is CC1Oc2ccc(NC(=O)COc3ccc(Cl)cc3)cc2N(Cc2ccc(F)cc2)C1=O. The summed E-state index contributed by atoms with van der Waals surface area (Å²) in [5.74, 6) is 0.113. The number of nitrogens with zero attached hydrogens (tertiary/aromatic N) is 1. The lowest BCUT2D eigenvalue weighted by molar-refractivity contribution is -0.125. The fourth-order valence-corrected chi connectivity index (χ4v) is 3.42. The predicted octanol–water partition coefficient (Wildman–Crippen LogP) is 4.81. The highest BCUT2D eigenvalue weighted by atomic mass is 35.5. The summed E-state index contributed by atoms with van der Waals surface area (Å²) in [6.07, 6.45) is -0.656. The van der Waals surface area contributed by atoms with Crippen LogP contribution in [0.2, 0.25) is 5.02 Å². The van der Waals surface area contributed by atoms with Gasteiger partial charge in [0.25, 0.3) is 11.8 Å². The molecule has 32 heavy (non-hydrogen) atoms. The predicted molar refractivity (Wildman–Crippen MR) is 120 cm³/mol. The Morgan fingerprint density at radius 3 is 2.56 bits per heavy atom. The van der Waals surface area contributed by atoms with Crippen LogP contribution < -0.4 is 19.7 Å². The highest BCUT2D eigenvalue weighted by Crippen LogP contribution is 2.37. The number of hydrogen-bond donors (Lipinski definition) is 1. The fraction of sp³-hybridized carbons (Fsp3) is 0.167. The number of amides is 2. The van der Waals surface area contributed by atoms with Crippen LogP contribution in [0.5, 0.6) is 11.5 Å². The number of rotatable bonds is 6. The van der Waals surface area contributed by atoms with E-state index in [1.165, 1.54) is 12.1 Å². The molecule has 0 aromatic heterocycles. The van der Waals surface area contributed by atoms with Gasteiger partial charge in [-0.3, -0.25) is 9.59 Å². The van der Waals surface area contributed by atoms with Gasteiger partial charge in [0.05, 0.1) is 12.2 Å². The molecule has 1 aliphatic heterocycles. The topological polar surface area (TPSA) is 67.9 Å². The number of ether oxygens (including phenoxy) is 2. The van der Waals surface area contributed by atoms with Crippen molar-refractivity contribution < 1.29 is 23.5 Å². The molecule has 8 heteroatoms. The van der Waals surface area contributed by atoms with Gasteiger partial charge < -0.3 is 19.7 Å². The van der Waals surface area contributed by atoms with Crippen LogP contribution in [0.3, 0.4) is 0 Å². The van der Waals surface area contributed by atoms with Crippen molar-refractivity contribution in [1.29, 1.82) is 0 Å². The van der Waals surface area contributed by atoms with Crippen LogP contribution in [-0.2, 0) is 16.1 Å². The van der Waals surface area contributed by atoms with Crippen molar-refractivity contribution in [3.05, 3.63) is 83.1 Å². The largest absolute Gasteiger partial charge is 0.484 e. The van der Waals surface area contributed by atoms with Gasteiger partial charge in [-0.1, -0.05) is 23.7 Å². The van der Waals surface area contributed by atoms with Crippen LogP contribution in [0.15, 0.2) is 66.7 Å². The molecule has 3 aromatic carbocycles. The van der Waals surface area contributed by atoms with Crippen LogP contribution in [-0.4, -0.2) is 24.5 Å². The molecule has 4 rings (SSSR count). The van der Waals surface area contributed by atoms with Crippen LogP contribution in [0.4, 0.5) is 15.8 Å². The summed E-state index contributed by atoms with van der Waals surface area (Å²) < 4.78 is 24.4. The number of benzene rings is 3. The second-order valence-electron chi connectivity index (χ2n) is 7.28. The van der Waals surface area contributed by atoms with E-state index in [0.29, 0.717) is 27.9 Å². The number of nitrogens with one attached hydrogen (secondary N) is 1. The smallest absolute Gasteiger partial charge is 0.268 e. The third-order valence-electron chi connectivity index (χ3n) is 4.89. The normalized spacial score (nSPS) is 15.0. The lowest BCUT2D eigenvalue weighted by Crippen LogP contribution is -2.44. The number of hydrogen-bond acceptors (Lipinski definition) is 4. The van der Waals surface area contributed by atoms with Crippen molar-refractivity contribution in [1.82, 2.24) is 0 Å². The van der Waals surface area contributed by atoms with Crippen LogP contribution in [0, 0.1) is 5.82 Å². The first-order valence-electron chi connectivity index (χ1n) is 9.94. The first kappa shape index (κ1) is 21.6. The Labute approximate surface area is 189 Å². The zero-order valence-corrected chi connectivity index (χ0v) is 17.9. The summed E-state index contributed by atoms with van der Waals surface area (Å²) >= 11 is 5.84. The zero-order valence-electron chi connectivity index (χ0n) is 17.2. The van der Waals surface area contributed by atoms with Crippen molar-refractivity contribution in [2.45, 2.75) is 19.6 Å². The average Bonchev–Trinajstić information content (AvgIpc) is 2.78. The maximum Gasteiger partial charge on any atom is 0.268 e. The molecule has 0 radical (unpaired) electrons. The maximum absolute atomic E-state index is 13.2. The second-order valence-corrected chi connectivity index (χ2v) is 7.72. The minimum Gasteiger partial charge on any atom is -0.484 e. The highest BCUT2D eigenvalue weighted by molar-refractivity contribution is 6.30. The Morgan fingerprint density at radius 2 is 1.84 bits per heavy atom. The Hall–Kier alpha value is -3.58. The molecule has 6 nitrogen and oxygen atoms in total. The number of carbonyl (C=O) groups is 2. The van der Waals surface area contributed by atoms with E-state index >= 15 is 0 Å². The van der Waals surface area contributed by atoms with E-state index in [1.54, 1.807) is 66.4 Å². The van der Waals surface area contributed by atoms with Crippen molar-refractivity contribution >= 4 is 34.8 Å². The minimum absolute atomic E-state index is 0.190. The van der Waals surface area contributed by atoms with E-state index in [1.807, 2.05) is 0 Å². The van der Waals surface area contributed by atoms with Crippen LogP contribution >= 0.6 is 11.6 Å². The first-order chi connectivity index (χ1) is 15.4. The van der Waals surface area contributed by atoms with Crippen molar-refractivity contribution in [2.75, 3.05) is 16.8 Å². The van der Waals surface area contributed by atoms with Gasteiger partial charge in [0.1, 0.15) is 17.3 Å². The molecule has 3 aromatic rings. The average molecular weight is 455 g/mol. The number of anilines is 2. The highest BCUT2D eigenvalue weighted by Gasteiger charge is 2.31. The molecule has 0 saturated carbocycles. The molecule has 1 N–H and O–H groups in total. The molecule has 0 saturated heterocycles. The molecular weight excluding hydrogens is 435 g/mol. The summed E-state index contributed by atoms with van der Waals surface area (Å²) in [6.45, 7) is 1.73. The van der Waals surface area contributed by atoms with Gasteiger partial charge in [-0.15, -0.1) is 0 Å². The molecule has 0 fully saturated rings. The zero-order chi connectivity index (χ0) is 22.7. The van der Waals surface area contributed by atoms with Gasteiger partial charge in [0, 0.05) is 10.7 Å². The molecule has 0 aliphatic carbocycles. The Bertz CT molecular complexity index is 1140. The monoisotopic (exact) mass is 454 g/mol. The summed E-state index contributed by atoms with van der Waals surface area (Å²) in [7, 11) is 0. The summed E-state index contributed by atoms with van der Waals surface area (Å²) in [5.41, 5.74) is 1.78. The lowest BCUT2D eigenvalue weighted by Gasteiger charge is -2.33. The molecule has 1 heterocycles. The molecule has 0 spiro atoms. The minimum atomic E-state index is -0.656. The van der Waals surface area contributed by atoms with Gasteiger partial charge in [-0.2, -0.15) is 0 Å². The fourth-order valence-electron chi connectivity index (χ4n) is 3.30. The molecule has 1 atom stereocenters. The third kappa shape index (κ3) is 5.00. The Kier molecular flexibility index (Phi) is 6.28. The number of halogens is 2. The molecular formula is C24H20ClFN2O4. The van der Waals surface area contributed by atoms with Crippen LogP contribution in [0.25, 0.3) is 0 Å². The number of carbonyl (C=O) groups excluding carboxylic acids is 2. The standard InChI is InChI=1S/C24H20ClFN2O4/c1-15-24(30)28(13-16-2-6-18(26)7-3-16)21-12-19(8-11-22(21)32-15)27-23(29)14-31-20-9-4-17(25)5-10-20/h2-12,15H,13-14H2,1H3,(H,27,29). The first-order valence-corrected chi connectivity index (χ1v) is 10.3. The molecule has 2 amide bonds. The van der Waals surface area contributed by atoms with Gasteiger partial charge in [-0.05, 0) is 67.1 Å². The van der Waals surface area contributed by atoms with Crippen molar-refractivity contribution in [2.24, 2.45) is 0 Å². The summed E-state index contributed by atoms with van der Waals surface area (Å²) in [5, 5.41) is 3.33. The van der Waals surface area contributed by atoms with Crippen molar-refractivity contribution in [3.8, 4) is 11.5 Å². The second kappa shape index (κ2) is 9.28. The van der Waals surface area contributed by atoms with Gasteiger partial charge >= 0.3 is 0 Å². The van der Waals surface area contributed by atoms with E-state index < -0.39 is 6.10 Å². The van der Waals surface area contributed by atoms with Crippen LogP contribution in [0.1, 0.15) is 12.5 Å². The van der Waals surface area contributed by atoms with E-state index in [9.17, 15) is 14.0 Å². The van der Waals surface area contributed by atoms with E-state index in [0.717, 1.165) is 5.56 Å². The molecule has 1 aliphatic rings. The van der Waals surface area contributed by atoms with E-state index in [-0.39, 0.29) is 30.8 Å². The van der Waals surface area contributed by atoms with Gasteiger partial charge in [0.15, 0.2) is 12.7 Å². The molecule has 1 unspecified atom stereocenters. The number of fused-ring (bicyclic) bond motifs is 1. The van der Waals surface area contributed by atoms with E-state index in [4.69, 9.17) is 21.1 Å². The van der Waals surface area contributed by atoms with E-state index in [2.05, 4.69) is 5.32 Å². The third-order valence-corrected chi connectivity index (χ3v) is 5.14. The van der Waals surface area contributed by atoms with Gasteiger partial charge in [-0.25, -0.2) is 4.39 Å². The molecule has 164 valence electrons. The van der Waals surface area contributed by atoms with Crippen molar-refractivity contribution in [3.63, 3.8) is 0 Å². The summed E-state index contributed by atoms with van der Waals surface area (Å²) in [6, 6.07) is 17.7. The Balaban J connectivity index is 1.49. The quantitative estimate of drug-likeness (QED) is 0.580. The lowest BCUT2D eigenvalue weighted by atomic mass is 10.1. The van der Waals surface area contributed by atoms with Gasteiger partial charge in [0.2, 0.25) is 0 Å². The Morgan fingerprint density at radius 1 is 1.12 bits per heavy atom.